The van der Waals surface area contributed by atoms with Crippen molar-refractivity contribution in [3.05, 3.63) is 28.8 Å². The number of carbonyl (C=O) groups is 2. The lowest BCUT2D eigenvalue weighted by atomic mass is 10.3. The van der Waals surface area contributed by atoms with E-state index in [4.69, 9.17) is 17.3 Å². The number of nitrogens with two attached hydrogens (primary N) is 1. The van der Waals surface area contributed by atoms with Gasteiger partial charge < -0.3 is 11.1 Å². The molecule has 2 aromatic heterocycles. The molecule has 0 fully saturated rings. The molecule has 9 heteroatoms. The van der Waals surface area contributed by atoms with Crippen LogP contribution in [0, 0.1) is 0 Å². The Morgan fingerprint density at radius 2 is 2.32 bits per heavy atom. The first-order valence-electron chi connectivity index (χ1n) is 5.40. The summed E-state index contributed by atoms with van der Waals surface area (Å²) in [5, 5.41) is 12.7. The number of aryl methyl sites for hydroxylation is 1. The number of nitrogens with zero attached hydrogens (tertiary/aromatic N) is 3. The molecule has 0 saturated carbocycles. The molecule has 2 aromatic rings. The van der Waals surface area contributed by atoms with Gasteiger partial charge in [0.2, 0.25) is 0 Å². The summed E-state index contributed by atoms with van der Waals surface area (Å²) in [6.45, 7) is 2.39. The number of carbonyl (C=O) groups excluding carboxylic acids is 2. The Morgan fingerprint density at radius 3 is 2.84 bits per heavy atom. The number of aromatic amines is 1. The molecule has 0 spiro atoms. The van der Waals surface area contributed by atoms with Gasteiger partial charge in [-0.25, -0.2) is 0 Å². The quantitative estimate of drug-likeness (QED) is 0.762. The zero-order chi connectivity index (χ0) is 14.0. The Morgan fingerprint density at radius 1 is 1.58 bits per heavy atom. The fourth-order valence-corrected chi connectivity index (χ4v) is 1.65. The molecule has 2 amide bonds. The average molecular weight is 283 g/mol. The van der Waals surface area contributed by atoms with Gasteiger partial charge in [0.05, 0.1) is 16.9 Å². The zero-order valence-electron chi connectivity index (χ0n) is 9.98. The summed E-state index contributed by atoms with van der Waals surface area (Å²) in [6, 6.07) is 0. The van der Waals surface area contributed by atoms with E-state index >= 15 is 0 Å². The first-order chi connectivity index (χ1) is 9.02. The summed E-state index contributed by atoms with van der Waals surface area (Å²) in [4.78, 5) is 23.1. The zero-order valence-corrected chi connectivity index (χ0v) is 10.7. The molecule has 8 nitrogen and oxygen atoms in total. The van der Waals surface area contributed by atoms with Crippen LogP contribution in [0.2, 0.25) is 5.02 Å². The van der Waals surface area contributed by atoms with E-state index in [2.05, 4.69) is 20.6 Å². The number of halogens is 1. The minimum absolute atomic E-state index is 0.00848. The molecule has 100 valence electrons. The Bertz CT molecular complexity index is 632. The number of hydrogen-bond donors (Lipinski definition) is 3. The lowest BCUT2D eigenvalue weighted by molar-refractivity contribution is 0.0995. The van der Waals surface area contributed by atoms with Gasteiger partial charge in [0.15, 0.2) is 5.69 Å². The Hall–Kier alpha value is -2.35. The van der Waals surface area contributed by atoms with Gasteiger partial charge in [-0.15, -0.1) is 0 Å². The van der Waals surface area contributed by atoms with Gasteiger partial charge in [0, 0.05) is 12.7 Å². The maximum Gasteiger partial charge on any atom is 0.275 e. The number of rotatable bonds is 4. The summed E-state index contributed by atoms with van der Waals surface area (Å²) in [5.41, 5.74) is 5.51. The highest BCUT2D eigenvalue weighted by Gasteiger charge is 2.19. The molecule has 0 aliphatic carbocycles. The molecule has 0 aliphatic rings. The molecule has 0 unspecified atom stereocenters. The van der Waals surface area contributed by atoms with Gasteiger partial charge in [-0.1, -0.05) is 11.6 Å². The van der Waals surface area contributed by atoms with Gasteiger partial charge in [0.25, 0.3) is 11.8 Å². The van der Waals surface area contributed by atoms with Crippen molar-refractivity contribution in [3.63, 3.8) is 0 Å². The summed E-state index contributed by atoms with van der Waals surface area (Å²) >= 11 is 5.77. The number of hydrogen-bond acceptors (Lipinski definition) is 4. The van der Waals surface area contributed by atoms with Crippen molar-refractivity contribution >= 4 is 29.1 Å². The first kappa shape index (κ1) is 13.1. The number of aromatic nitrogens is 4. The third-order valence-corrected chi connectivity index (χ3v) is 2.67. The maximum atomic E-state index is 11.9. The van der Waals surface area contributed by atoms with Gasteiger partial charge in [-0.2, -0.15) is 10.2 Å². The van der Waals surface area contributed by atoms with Crippen LogP contribution in [0.1, 0.15) is 27.9 Å². The Labute approximate surface area is 112 Å². The van der Waals surface area contributed by atoms with Gasteiger partial charge in [-0.3, -0.25) is 19.4 Å². The molecule has 0 radical (unpaired) electrons. The average Bonchev–Trinajstić information content (AvgIpc) is 2.95. The van der Waals surface area contributed by atoms with Crippen LogP contribution in [0.3, 0.4) is 0 Å². The van der Waals surface area contributed by atoms with Crippen LogP contribution in [-0.2, 0) is 6.54 Å². The Balaban J connectivity index is 2.28. The molecule has 0 aliphatic heterocycles. The lowest BCUT2D eigenvalue weighted by Gasteiger charge is -2.01. The minimum atomic E-state index is -0.724. The molecule has 2 heterocycles. The highest BCUT2D eigenvalue weighted by molar-refractivity contribution is 6.34. The fraction of sp³-hybridized carbons (Fsp3) is 0.200. The minimum Gasteiger partial charge on any atom is -0.364 e. The number of amides is 2. The molecular formula is C10H11ClN6O2. The molecule has 0 bridgehead atoms. The Kier molecular flexibility index (Phi) is 3.52. The largest absolute Gasteiger partial charge is 0.364 e. The highest BCUT2D eigenvalue weighted by atomic mass is 35.5. The highest BCUT2D eigenvalue weighted by Crippen LogP contribution is 2.17. The fourth-order valence-electron chi connectivity index (χ4n) is 1.47. The van der Waals surface area contributed by atoms with E-state index in [9.17, 15) is 9.59 Å². The normalized spacial score (nSPS) is 10.4. The molecular weight excluding hydrogens is 272 g/mol. The molecule has 0 atom stereocenters. The van der Waals surface area contributed by atoms with Crippen molar-refractivity contribution in [1.82, 2.24) is 20.0 Å². The standard InChI is InChI=1S/C10H11ClN6O2/c1-2-17-4-6(8(16-17)9(12)18)14-10(19)7-5(11)3-13-15-7/h3-4H,2H2,1H3,(H2,12,18)(H,13,15)(H,14,19). The number of anilines is 1. The summed E-state index contributed by atoms with van der Waals surface area (Å²) in [6.07, 6.45) is 2.82. The van der Waals surface area contributed by atoms with Gasteiger partial charge >= 0.3 is 0 Å². The van der Waals surface area contributed by atoms with Crippen LogP contribution >= 0.6 is 11.6 Å². The summed E-state index contributed by atoms with van der Waals surface area (Å²) in [5.74, 6) is -1.25. The van der Waals surface area contributed by atoms with E-state index in [1.54, 1.807) is 0 Å². The van der Waals surface area contributed by atoms with Crippen LogP contribution < -0.4 is 11.1 Å². The molecule has 2 rings (SSSR count). The lowest BCUT2D eigenvalue weighted by Crippen LogP contribution is -2.18. The smallest absolute Gasteiger partial charge is 0.275 e. The molecule has 4 N–H and O–H groups in total. The van der Waals surface area contributed by atoms with E-state index in [-0.39, 0.29) is 22.1 Å². The van der Waals surface area contributed by atoms with E-state index in [0.717, 1.165) is 0 Å². The van der Waals surface area contributed by atoms with E-state index in [1.165, 1.54) is 17.1 Å². The molecule has 19 heavy (non-hydrogen) atoms. The SMILES string of the molecule is CCn1cc(NC(=O)c2[nH]ncc2Cl)c(C(N)=O)n1. The van der Waals surface area contributed by atoms with Gasteiger partial charge in [-0.05, 0) is 6.92 Å². The summed E-state index contributed by atoms with van der Waals surface area (Å²) < 4.78 is 1.49. The predicted octanol–water partition coefficient (Wildman–Crippen LogP) is 0.631. The molecule has 0 saturated heterocycles. The van der Waals surface area contributed by atoms with Crippen molar-refractivity contribution in [2.75, 3.05) is 5.32 Å². The van der Waals surface area contributed by atoms with Crippen molar-refractivity contribution < 1.29 is 9.59 Å². The second-order valence-corrected chi connectivity index (χ2v) is 4.07. The number of nitrogens with one attached hydrogen (secondary N) is 2. The predicted molar refractivity (Wildman–Crippen MR) is 68.0 cm³/mol. The maximum absolute atomic E-state index is 11.9. The molecule has 0 aromatic carbocycles. The van der Waals surface area contributed by atoms with Crippen LogP contribution in [-0.4, -0.2) is 31.8 Å². The topological polar surface area (TPSA) is 119 Å². The number of H-pyrrole nitrogens is 1. The van der Waals surface area contributed by atoms with Crippen molar-refractivity contribution in [3.8, 4) is 0 Å². The third kappa shape index (κ3) is 2.58. The first-order valence-corrected chi connectivity index (χ1v) is 5.78. The van der Waals surface area contributed by atoms with E-state index in [1.807, 2.05) is 6.92 Å². The second-order valence-electron chi connectivity index (χ2n) is 3.66. The van der Waals surface area contributed by atoms with Crippen molar-refractivity contribution in [2.45, 2.75) is 13.5 Å². The van der Waals surface area contributed by atoms with Gasteiger partial charge in [0.1, 0.15) is 5.69 Å². The van der Waals surface area contributed by atoms with Crippen LogP contribution in [0.5, 0.6) is 0 Å². The monoisotopic (exact) mass is 282 g/mol. The van der Waals surface area contributed by atoms with Crippen molar-refractivity contribution in [2.24, 2.45) is 5.73 Å². The van der Waals surface area contributed by atoms with Crippen LogP contribution in [0.15, 0.2) is 12.4 Å². The second kappa shape index (κ2) is 5.11. The van der Waals surface area contributed by atoms with Crippen LogP contribution in [0.25, 0.3) is 0 Å². The number of primary amides is 1. The third-order valence-electron chi connectivity index (χ3n) is 2.39. The summed E-state index contributed by atoms with van der Waals surface area (Å²) in [7, 11) is 0. The van der Waals surface area contributed by atoms with Crippen LogP contribution in [0.4, 0.5) is 5.69 Å². The van der Waals surface area contributed by atoms with E-state index < -0.39 is 11.8 Å². The van der Waals surface area contributed by atoms with Crippen molar-refractivity contribution in [1.29, 1.82) is 0 Å². The van der Waals surface area contributed by atoms with E-state index in [0.29, 0.717) is 6.54 Å².